The van der Waals surface area contributed by atoms with Crippen molar-refractivity contribution < 1.29 is 0 Å². The van der Waals surface area contributed by atoms with E-state index in [2.05, 4.69) is 66.2 Å². The van der Waals surface area contributed by atoms with E-state index in [-0.39, 0.29) is 0 Å². The molecule has 0 aliphatic carbocycles. The Morgan fingerprint density at radius 2 is 1.90 bits per heavy atom. The second-order valence-electron chi connectivity index (χ2n) is 5.26. The molecule has 1 aromatic heterocycles. The van der Waals surface area contributed by atoms with Gasteiger partial charge in [0.05, 0.1) is 12.0 Å². The Labute approximate surface area is 125 Å². The molecule has 0 spiro atoms. The lowest BCUT2D eigenvalue weighted by Gasteiger charge is -2.17. The third kappa shape index (κ3) is 3.64. The van der Waals surface area contributed by atoms with Crippen molar-refractivity contribution in [2.24, 2.45) is 0 Å². The highest BCUT2D eigenvalue weighted by Crippen LogP contribution is 2.19. The van der Waals surface area contributed by atoms with Gasteiger partial charge in [-0.2, -0.15) is 0 Å². The number of benzene rings is 1. The van der Waals surface area contributed by atoms with Crippen LogP contribution in [0, 0.1) is 0 Å². The molecule has 3 nitrogen and oxygen atoms in total. The minimum Gasteiger partial charge on any atom is -0.331 e. The van der Waals surface area contributed by atoms with E-state index in [9.17, 15) is 0 Å². The summed E-state index contributed by atoms with van der Waals surface area (Å²) in [6, 6.07) is 9.53. The van der Waals surface area contributed by atoms with Gasteiger partial charge in [-0.05, 0) is 44.7 Å². The summed E-state index contributed by atoms with van der Waals surface area (Å²) in [7, 11) is 0. The number of thioether (sulfide) groups is 1. The van der Waals surface area contributed by atoms with Crippen molar-refractivity contribution in [1.82, 2.24) is 14.9 Å². The molecule has 1 aromatic carbocycles. The molecule has 1 atom stereocenters. The van der Waals surface area contributed by atoms with Crippen LogP contribution in [0.5, 0.6) is 0 Å². The summed E-state index contributed by atoms with van der Waals surface area (Å²) in [5.74, 6) is 0. The molecule has 4 heteroatoms. The van der Waals surface area contributed by atoms with Crippen LogP contribution in [-0.4, -0.2) is 15.8 Å². The Balaban J connectivity index is 1.97. The van der Waals surface area contributed by atoms with Crippen LogP contribution < -0.4 is 5.32 Å². The van der Waals surface area contributed by atoms with E-state index in [1.807, 2.05) is 12.5 Å². The normalized spacial score (nSPS) is 12.8. The fraction of sp³-hybridized carbons (Fsp3) is 0.438. The number of rotatable bonds is 6. The predicted octanol–water partition coefficient (Wildman–Crippen LogP) is 4.04. The molecule has 0 fully saturated rings. The van der Waals surface area contributed by atoms with Crippen LogP contribution in [0.4, 0.5) is 0 Å². The summed E-state index contributed by atoms with van der Waals surface area (Å²) < 4.78 is 2.20. The second kappa shape index (κ2) is 6.95. The number of nitrogens with zero attached hydrogens (tertiary/aromatic N) is 2. The first kappa shape index (κ1) is 15.1. The number of aromatic nitrogens is 2. The van der Waals surface area contributed by atoms with E-state index in [0.29, 0.717) is 12.1 Å². The molecule has 0 bridgehead atoms. The number of hydrogen-bond acceptors (Lipinski definition) is 3. The average molecular weight is 289 g/mol. The highest BCUT2D eigenvalue weighted by atomic mass is 32.2. The predicted molar refractivity (Wildman–Crippen MR) is 86.1 cm³/mol. The first-order valence-electron chi connectivity index (χ1n) is 7.00. The zero-order valence-corrected chi connectivity index (χ0v) is 13.4. The molecule has 108 valence electrons. The molecule has 1 heterocycles. The van der Waals surface area contributed by atoms with Crippen LogP contribution in [0.15, 0.2) is 41.7 Å². The Bertz CT molecular complexity index is 531. The van der Waals surface area contributed by atoms with Gasteiger partial charge in [-0.25, -0.2) is 4.98 Å². The molecule has 2 aromatic rings. The van der Waals surface area contributed by atoms with Crippen molar-refractivity contribution in [3.05, 3.63) is 48.0 Å². The maximum Gasteiger partial charge on any atom is 0.0951 e. The van der Waals surface area contributed by atoms with E-state index >= 15 is 0 Å². The topological polar surface area (TPSA) is 29.9 Å². The molecular weight excluding hydrogens is 266 g/mol. The van der Waals surface area contributed by atoms with Gasteiger partial charge in [-0.15, -0.1) is 11.8 Å². The van der Waals surface area contributed by atoms with Gasteiger partial charge < -0.3 is 9.88 Å². The van der Waals surface area contributed by atoms with E-state index in [1.54, 1.807) is 11.8 Å². The van der Waals surface area contributed by atoms with Crippen molar-refractivity contribution in [1.29, 1.82) is 0 Å². The smallest absolute Gasteiger partial charge is 0.0951 e. The summed E-state index contributed by atoms with van der Waals surface area (Å²) in [6.07, 6.45) is 5.94. The second-order valence-corrected chi connectivity index (χ2v) is 6.14. The van der Waals surface area contributed by atoms with Gasteiger partial charge in [-0.3, -0.25) is 0 Å². The Kier molecular flexibility index (Phi) is 5.26. The summed E-state index contributed by atoms with van der Waals surface area (Å²) in [4.78, 5) is 5.54. The quantitative estimate of drug-likeness (QED) is 0.814. The first-order chi connectivity index (χ1) is 9.61. The fourth-order valence-corrected chi connectivity index (χ4v) is 2.61. The van der Waals surface area contributed by atoms with Gasteiger partial charge in [0, 0.05) is 29.7 Å². The van der Waals surface area contributed by atoms with E-state index < -0.39 is 0 Å². The van der Waals surface area contributed by atoms with Crippen LogP contribution in [-0.2, 0) is 6.54 Å². The summed E-state index contributed by atoms with van der Waals surface area (Å²) in [5.41, 5.74) is 2.55. The number of imidazole rings is 1. The number of hydrogen-bond donors (Lipinski definition) is 1. The minimum atomic E-state index is 0.335. The van der Waals surface area contributed by atoms with Gasteiger partial charge >= 0.3 is 0 Å². The van der Waals surface area contributed by atoms with Gasteiger partial charge in [0.2, 0.25) is 0 Å². The van der Waals surface area contributed by atoms with Gasteiger partial charge in [0.15, 0.2) is 0 Å². The zero-order chi connectivity index (χ0) is 14.5. The van der Waals surface area contributed by atoms with Crippen LogP contribution in [0.25, 0.3) is 0 Å². The monoisotopic (exact) mass is 289 g/mol. The molecule has 0 aliphatic heterocycles. The highest BCUT2D eigenvalue weighted by molar-refractivity contribution is 7.98. The maximum atomic E-state index is 4.24. The molecule has 0 radical (unpaired) electrons. The molecule has 20 heavy (non-hydrogen) atoms. The van der Waals surface area contributed by atoms with Crippen LogP contribution in [0.2, 0.25) is 0 Å². The summed E-state index contributed by atoms with van der Waals surface area (Å²) in [5, 5.41) is 3.57. The van der Waals surface area contributed by atoms with E-state index in [1.165, 1.54) is 16.2 Å². The SMILES string of the molecule is CSc1ccc(C(C)NCc2cncn2C(C)C)cc1. The van der Waals surface area contributed by atoms with Crippen LogP contribution >= 0.6 is 11.8 Å². The van der Waals surface area contributed by atoms with E-state index in [4.69, 9.17) is 0 Å². The highest BCUT2D eigenvalue weighted by Gasteiger charge is 2.08. The third-order valence-corrected chi connectivity index (χ3v) is 4.25. The Hall–Kier alpha value is -1.26. The molecule has 0 aliphatic rings. The van der Waals surface area contributed by atoms with Crippen molar-refractivity contribution in [2.45, 2.75) is 44.3 Å². The lowest BCUT2D eigenvalue weighted by Crippen LogP contribution is -2.20. The van der Waals surface area contributed by atoms with Crippen molar-refractivity contribution in [3.63, 3.8) is 0 Å². The largest absolute Gasteiger partial charge is 0.331 e. The fourth-order valence-electron chi connectivity index (χ4n) is 2.20. The lowest BCUT2D eigenvalue weighted by atomic mass is 10.1. The molecule has 1 N–H and O–H groups in total. The van der Waals surface area contributed by atoms with Gasteiger partial charge in [-0.1, -0.05) is 12.1 Å². The first-order valence-corrected chi connectivity index (χ1v) is 8.22. The zero-order valence-electron chi connectivity index (χ0n) is 12.6. The summed E-state index contributed by atoms with van der Waals surface area (Å²) in [6.45, 7) is 7.39. The maximum absolute atomic E-state index is 4.24. The summed E-state index contributed by atoms with van der Waals surface area (Å²) >= 11 is 1.77. The Morgan fingerprint density at radius 3 is 2.50 bits per heavy atom. The molecule has 0 amide bonds. The molecule has 2 rings (SSSR count). The van der Waals surface area contributed by atoms with Crippen molar-refractivity contribution >= 4 is 11.8 Å². The van der Waals surface area contributed by atoms with Crippen LogP contribution in [0.1, 0.15) is 44.1 Å². The van der Waals surface area contributed by atoms with Gasteiger partial charge in [0.1, 0.15) is 0 Å². The molecule has 0 saturated heterocycles. The van der Waals surface area contributed by atoms with E-state index in [0.717, 1.165) is 6.54 Å². The molecule has 0 saturated carbocycles. The van der Waals surface area contributed by atoms with Crippen molar-refractivity contribution in [2.75, 3.05) is 6.26 Å². The van der Waals surface area contributed by atoms with Crippen LogP contribution in [0.3, 0.4) is 0 Å². The average Bonchev–Trinajstić information content (AvgIpc) is 2.93. The van der Waals surface area contributed by atoms with Crippen molar-refractivity contribution in [3.8, 4) is 0 Å². The lowest BCUT2D eigenvalue weighted by molar-refractivity contribution is 0.518. The van der Waals surface area contributed by atoms with Gasteiger partial charge in [0.25, 0.3) is 0 Å². The number of nitrogens with one attached hydrogen (secondary N) is 1. The standard InChI is InChI=1S/C16H23N3S/c1-12(2)19-11-17-9-15(19)10-18-13(3)14-5-7-16(20-4)8-6-14/h5-9,11-13,18H,10H2,1-4H3. The third-order valence-electron chi connectivity index (χ3n) is 3.51. The molecular formula is C16H23N3S. The Morgan fingerprint density at radius 1 is 1.20 bits per heavy atom. The minimum absolute atomic E-state index is 0.335. The molecule has 1 unspecified atom stereocenters.